The van der Waals surface area contributed by atoms with E-state index in [4.69, 9.17) is 0 Å². The first-order valence-corrected chi connectivity index (χ1v) is 6.55. The predicted octanol–water partition coefficient (Wildman–Crippen LogP) is 2.84. The van der Waals surface area contributed by atoms with Crippen LogP contribution in [0.15, 0.2) is 12.1 Å². The highest BCUT2D eigenvalue weighted by Gasteiger charge is 2.26. The summed E-state index contributed by atoms with van der Waals surface area (Å²) in [6.45, 7) is 0.183. The molecule has 5 nitrogen and oxygen atoms in total. The minimum absolute atomic E-state index is 0.106. The fraction of sp³-hybridized carbons (Fsp3) is 0.538. The Morgan fingerprint density at radius 3 is 2.70 bits per heavy atom. The van der Waals surface area contributed by atoms with E-state index in [1.165, 1.54) is 0 Å². The number of aliphatic hydroxyl groups excluding tert-OH is 1. The van der Waals surface area contributed by atoms with Crippen molar-refractivity contribution in [3.05, 3.63) is 33.9 Å². The van der Waals surface area contributed by atoms with Crippen LogP contribution >= 0.6 is 0 Å². The van der Waals surface area contributed by atoms with Gasteiger partial charge in [-0.1, -0.05) is 12.8 Å². The maximum absolute atomic E-state index is 13.7. The van der Waals surface area contributed by atoms with E-state index in [2.05, 4.69) is 5.32 Å². The smallest absolute Gasteiger partial charge is 0.295 e. The first kappa shape index (κ1) is 14.6. The Morgan fingerprint density at radius 1 is 1.35 bits per heavy atom. The number of anilines is 1. The Labute approximate surface area is 114 Å². The van der Waals surface area contributed by atoms with Crippen LogP contribution in [0.25, 0.3) is 0 Å². The Balaban J connectivity index is 2.15. The minimum Gasteiger partial charge on any atom is -0.393 e. The molecular formula is C13H16F2N2O3. The molecule has 2 rings (SSSR count). The van der Waals surface area contributed by atoms with E-state index in [-0.39, 0.29) is 12.5 Å². The molecular weight excluding hydrogens is 270 g/mol. The van der Waals surface area contributed by atoms with Crippen molar-refractivity contribution in [3.8, 4) is 0 Å². The summed E-state index contributed by atoms with van der Waals surface area (Å²) in [4.78, 5) is 10.1. The zero-order valence-corrected chi connectivity index (χ0v) is 10.8. The topological polar surface area (TPSA) is 75.4 Å². The van der Waals surface area contributed by atoms with E-state index >= 15 is 0 Å². The highest BCUT2D eigenvalue weighted by molar-refractivity contribution is 5.62. The lowest BCUT2D eigenvalue weighted by Gasteiger charge is -2.27. The molecule has 0 spiro atoms. The second kappa shape index (κ2) is 6.13. The molecule has 2 N–H and O–H groups in total. The van der Waals surface area contributed by atoms with Crippen molar-refractivity contribution < 1.29 is 18.8 Å². The van der Waals surface area contributed by atoms with Crippen molar-refractivity contribution in [2.24, 2.45) is 5.92 Å². The number of nitro benzene ring substituents is 1. The number of nitro groups is 1. The largest absolute Gasteiger partial charge is 0.393 e. The van der Waals surface area contributed by atoms with Crippen molar-refractivity contribution in [2.75, 3.05) is 11.9 Å². The Bertz CT molecular complexity index is 511. The molecule has 0 radical (unpaired) electrons. The van der Waals surface area contributed by atoms with Crippen LogP contribution in [0, 0.1) is 27.7 Å². The SMILES string of the molecule is O=[N+]([O-])c1ccc(F)c(F)c1NCC1CCCCC1O. The average Bonchev–Trinajstić information content (AvgIpc) is 2.41. The van der Waals surface area contributed by atoms with E-state index in [0.29, 0.717) is 6.42 Å². The summed E-state index contributed by atoms with van der Waals surface area (Å²) in [5.41, 5.74) is -0.957. The standard InChI is InChI=1S/C13H16F2N2O3/c14-9-5-6-10(17(19)20)13(12(9)15)16-7-8-3-1-2-4-11(8)18/h5-6,8,11,16,18H,1-4,7H2. The first-order valence-electron chi connectivity index (χ1n) is 6.55. The number of benzene rings is 1. The third-order valence-corrected chi connectivity index (χ3v) is 3.68. The molecule has 0 aliphatic heterocycles. The monoisotopic (exact) mass is 286 g/mol. The summed E-state index contributed by atoms with van der Waals surface area (Å²) in [7, 11) is 0. The van der Waals surface area contributed by atoms with Gasteiger partial charge in [-0.3, -0.25) is 10.1 Å². The number of nitrogens with zero attached hydrogens (tertiary/aromatic N) is 1. The lowest BCUT2D eigenvalue weighted by Crippen LogP contribution is -2.30. The molecule has 1 aliphatic carbocycles. The predicted molar refractivity (Wildman–Crippen MR) is 69.5 cm³/mol. The number of hydrogen-bond acceptors (Lipinski definition) is 4. The fourth-order valence-electron chi connectivity index (χ4n) is 2.52. The van der Waals surface area contributed by atoms with Gasteiger partial charge in [0.25, 0.3) is 5.69 Å². The zero-order valence-electron chi connectivity index (χ0n) is 10.8. The summed E-state index contributed by atoms with van der Waals surface area (Å²) in [5.74, 6) is -2.50. The van der Waals surface area contributed by atoms with E-state index in [0.717, 1.165) is 31.4 Å². The van der Waals surface area contributed by atoms with Gasteiger partial charge in [0.15, 0.2) is 17.3 Å². The number of aliphatic hydroxyl groups is 1. The summed E-state index contributed by atoms with van der Waals surface area (Å²) < 4.78 is 26.8. The van der Waals surface area contributed by atoms with Crippen molar-refractivity contribution >= 4 is 11.4 Å². The number of rotatable bonds is 4. The summed E-state index contributed by atoms with van der Waals surface area (Å²) >= 11 is 0. The van der Waals surface area contributed by atoms with Gasteiger partial charge < -0.3 is 10.4 Å². The third-order valence-electron chi connectivity index (χ3n) is 3.68. The molecule has 1 aromatic carbocycles. The molecule has 20 heavy (non-hydrogen) atoms. The molecule has 110 valence electrons. The van der Waals surface area contributed by atoms with Crippen LogP contribution in [0.5, 0.6) is 0 Å². The second-order valence-electron chi connectivity index (χ2n) is 5.01. The molecule has 0 aromatic heterocycles. The first-order chi connectivity index (χ1) is 9.50. The molecule has 0 heterocycles. The maximum atomic E-state index is 13.7. The molecule has 2 atom stereocenters. The van der Waals surface area contributed by atoms with E-state index in [1.54, 1.807) is 0 Å². The normalized spacial score (nSPS) is 22.6. The van der Waals surface area contributed by atoms with Gasteiger partial charge in [-0.2, -0.15) is 0 Å². The quantitative estimate of drug-likeness (QED) is 0.659. The number of hydrogen-bond donors (Lipinski definition) is 2. The molecule has 7 heteroatoms. The van der Waals surface area contributed by atoms with Gasteiger partial charge in [-0.05, 0) is 18.9 Å². The van der Waals surface area contributed by atoms with Crippen molar-refractivity contribution in [1.29, 1.82) is 0 Å². The molecule has 0 saturated heterocycles. The Morgan fingerprint density at radius 2 is 2.05 bits per heavy atom. The summed E-state index contributed by atoms with van der Waals surface area (Å²) in [5, 5.41) is 23.2. The van der Waals surface area contributed by atoms with Crippen LogP contribution in [0.3, 0.4) is 0 Å². The van der Waals surface area contributed by atoms with Crippen LogP contribution in [-0.4, -0.2) is 22.7 Å². The molecule has 1 saturated carbocycles. The van der Waals surface area contributed by atoms with Crippen LogP contribution in [0.2, 0.25) is 0 Å². The zero-order chi connectivity index (χ0) is 14.7. The highest BCUT2D eigenvalue weighted by Crippen LogP contribution is 2.31. The minimum atomic E-state index is -1.26. The van der Waals surface area contributed by atoms with Crippen LogP contribution < -0.4 is 5.32 Å². The second-order valence-corrected chi connectivity index (χ2v) is 5.01. The average molecular weight is 286 g/mol. The molecule has 0 bridgehead atoms. The fourth-order valence-corrected chi connectivity index (χ4v) is 2.52. The summed E-state index contributed by atoms with van der Waals surface area (Å²) in [6, 6.07) is 1.66. The van der Waals surface area contributed by atoms with Gasteiger partial charge in [-0.15, -0.1) is 0 Å². The molecule has 2 unspecified atom stereocenters. The third kappa shape index (κ3) is 3.04. The van der Waals surface area contributed by atoms with Crippen molar-refractivity contribution in [3.63, 3.8) is 0 Å². The molecule has 1 aliphatic rings. The lowest BCUT2D eigenvalue weighted by molar-refractivity contribution is -0.384. The van der Waals surface area contributed by atoms with Gasteiger partial charge in [0.1, 0.15) is 0 Å². The van der Waals surface area contributed by atoms with Crippen LogP contribution in [0.1, 0.15) is 25.7 Å². The van der Waals surface area contributed by atoms with Gasteiger partial charge >= 0.3 is 0 Å². The molecule has 0 amide bonds. The van der Waals surface area contributed by atoms with Crippen molar-refractivity contribution in [1.82, 2.24) is 0 Å². The highest BCUT2D eigenvalue weighted by atomic mass is 19.2. The van der Waals surface area contributed by atoms with Crippen LogP contribution in [-0.2, 0) is 0 Å². The van der Waals surface area contributed by atoms with Gasteiger partial charge in [0.05, 0.1) is 11.0 Å². The maximum Gasteiger partial charge on any atom is 0.295 e. The van der Waals surface area contributed by atoms with E-state index < -0.39 is 34.0 Å². The molecule has 1 aromatic rings. The number of nitrogens with one attached hydrogen (secondary N) is 1. The Hall–Kier alpha value is -1.76. The lowest BCUT2D eigenvalue weighted by atomic mass is 9.86. The van der Waals surface area contributed by atoms with E-state index in [1.807, 2.05) is 0 Å². The van der Waals surface area contributed by atoms with Crippen molar-refractivity contribution in [2.45, 2.75) is 31.8 Å². The van der Waals surface area contributed by atoms with E-state index in [9.17, 15) is 24.0 Å². The Kier molecular flexibility index (Phi) is 4.49. The van der Waals surface area contributed by atoms with Gasteiger partial charge in [0.2, 0.25) is 0 Å². The van der Waals surface area contributed by atoms with Gasteiger partial charge in [-0.25, -0.2) is 8.78 Å². The number of halogens is 2. The van der Waals surface area contributed by atoms with Gasteiger partial charge in [0, 0.05) is 18.5 Å². The summed E-state index contributed by atoms with van der Waals surface area (Å²) in [6.07, 6.45) is 2.81. The van der Waals surface area contributed by atoms with Crippen LogP contribution in [0.4, 0.5) is 20.2 Å². The molecule has 1 fully saturated rings.